The summed E-state index contributed by atoms with van der Waals surface area (Å²) >= 11 is 1.42. The number of nitrogens with one attached hydrogen (secondary N) is 2. The zero-order chi connectivity index (χ0) is 13.7. The van der Waals surface area contributed by atoms with Gasteiger partial charge in [-0.1, -0.05) is 23.9 Å². The molecule has 0 saturated carbocycles. The molecule has 0 spiro atoms. The molecule has 0 saturated heterocycles. The number of thioether (sulfide) groups is 1. The summed E-state index contributed by atoms with van der Waals surface area (Å²) in [7, 11) is 0. The van der Waals surface area contributed by atoms with Gasteiger partial charge in [0.05, 0.1) is 0 Å². The van der Waals surface area contributed by atoms with E-state index in [9.17, 15) is 9.59 Å². The van der Waals surface area contributed by atoms with E-state index in [1.54, 1.807) is 12.1 Å². The molecule has 0 unspecified atom stereocenters. The van der Waals surface area contributed by atoms with E-state index in [1.807, 2.05) is 12.1 Å². The van der Waals surface area contributed by atoms with Gasteiger partial charge in [-0.3, -0.25) is 15.0 Å². The number of nitrogens with two attached hydrogens (primary N) is 1. The Balaban J connectivity index is 2.00. The topological polar surface area (TPSA) is 101 Å². The number of carbonyl (C=O) groups excluding carboxylic acids is 1. The Morgan fingerprint density at radius 3 is 2.68 bits per heavy atom. The summed E-state index contributed by atoms with van der Waals surface area (Å²) in [4.78, 5) is 29.0. The van der Waals surface area contributed by atoms with Gasteiger partial charge in [-0.15, -0.1) is 0 Å². The van der Waals surface area contributed by atoms with Crippen molar-refractivity contribution in [3.63, 3.8) is 0 Å². The van der Waals surface area contributed by atoms with Crippen molar-refractivity contribution in [3.05, 3.63) is 58.0 Å². The first-order valence-corrected chi connectivity index (χ1v) is 6.45. The van der Waals surface area contributed by atoms with Crippen molar-refractivity contribution in [1.82, 2.24) is 15.4 Å². The number of carbonyl (C=O) groups is 1. The standard InChI is InChI=1S/C12H12N4O2S/c13-16-11(18)9-3-1-8(2-4-9)7-19-12-14-6-5-10(17)15-12/h1-6H,7,13H2,(H,16,18)(H,14,15,17). The van der Waals surface area contributed by atoms with Gasteiger partial charge in [0.15, 0.2) is 5.16 Å². The van der Waals surface area contributed by atoms with Crippen molar-refractivity contribution >= 4 is 17.7 Å². The number of H-pyrrole nitrogens is 1. The molecule has 19 heavy (non-hydrogen) atoms. The Bertz CT molecular complexity index is 624. The molecule has 0 bridgehead atoms. The molecule has 0 radical (unpaired) electrons. The lowest BCUT2D eigenvalue weighted by molar-refractivity contribution is 0.0953. The average molecular weight is 276 g/mol. The molecular weight excluding hydrogens is 264 g/mol. The van der Waals surface area contributed by atoms with Crippen molar-refractivity contribution < 1.29 is 4.79 Å². The number of hydrazine groups is 1. The maximum Gasteiger partial charge on any atom is 0.265 e. The van der Waals surface area contributed by atoms with E-state index in [-0.39, 0.29) is 11.5 Å². The van der Waals surface area contributed by atoms with E-state index >= 15 is 0 Å². The summed E-state index contributed by atoms with van der Waals surface area (Å²) < 4.78 is 0. The number of amides is 1. The summed E-state index contributed by atoms with van der Waals surface area (Å²) in [6, 6.07) is 8.42. The van der Waals surface area contributed by atoms with Gasteiger partial charge in [0, 0.05) is 23.6 Å². The molecule has 4 N–H and O–H groups in total. The molecule has 0 aliphatic heterocycles. The van der Waals surface area contributed by atoms with Gasteiger partial charge in [-0.25, -0.2) is 10.8 Å². The summed E-state index contributed by atoms with van der Waals surface area (Å²) in [6.07, 6.45) is 1.47. The van der Waals surface area contributed by atoms with E-state index in [0.717, 1.165) is 5.56 Å². The van der Waals surface area contributed by atoms with Crippen molar-refractivity contribution in [1.29, 1.82) is 0 Å². The largest absolute Gasteiger partial charge is 0.301 e. The Morgan fingerprint density at radius 2 is 2.05 bits per heavy atom. The Labute approximate surface area is 113 Å². The lowest BCUT2D eigenvalue weighted by atomic mass is 10.1. The van der Waals surface area contributed by atoms with Gasteiger partial charge in [0.1, 0.15) is 0 Å². The fraction of sp³-hybridized carbons (Fsp3) is 0.0833. The van der Waals surface area contributed by atoms with Crippen molar-refractivity contribution in [2.24, 2.45) is 5.84 Å². The second-order valence-corrected chi connectivity index (χ2v) is 4.66. The number of nitrogens with zero attached hydrogens (tertiary/aromatic N) is 1. The van der Waals surface area contributed by atoms with Gasteiger partial charge in [0.2, 0.25) is 0 Å². The number of rotatable bonds is 4. The minimum atomic E-state index is -0.326. The molecule has 0 aliphatic carbocycles. The monoisotopic (exact) mass is 276 g/mol. The van der Waals surface area contributed by atoms with Crippen LogP contribution in [0.3, 0.4) is 0 Å². The van der Waals surface area contributed by atoms with E-state index in [4.69, 9.17) is 5.84 Å². The first-order chi connectivity index (χ1) is 9.19. The van der Waals surface area contributed by atoms with Crippen molar-refractivity contribution in [2.75, 3.05) is 0 Å². The number of aromatic nitrogens is 2. The van der Waals surface area contributed by atoms with Crippen LogP contribution in [0.5, 0.6) is 0 Å². The van der Waals surface area contributed by atoms with Gasteiger partial charge >= 0.3 is 0 Å². The highest BCUT2D eigenvalue weighted by Gasteiger charge is 2.03. The van der Waals surface area contributed by atoms with Crippen LogP contribution in [-0.4, -0.2) is 15.9 Å². The quantitative estimate of drug-likeness (QED) is 0.250. The SMILES string of the molecule is NNC(=O)c1ccc(CSc2nccc(=O)[nH]2)cc1. The summed E-state index contributed by atoms with van der Waals surface area (Å²) in [5.74, 6) is 5.37. The number of hydrogen-bond acceptors (Lipinski definition) is 5. The average Bonchev–Trinajstić information content (AvgIpc) is 2.45. The van der Waals surface area contributed by atoms with Crippen LogP contribution < -0.4 is 16.8 Å². The minimum Gasteiger partial charge on any atom is -0.301 e. The van der Waals surface area contributed by atoms with E-state index < -0.39 is 0 Å². The first-order valence-electron chi connectivity index (χ1n) is 5.47. The second-order valence-electron chi connectivity index (χ2n) is 3.70. The van der Waals surface area contributed by atoms with Crippen LogP contribution in [0.1, 0.15) is 15.9 Å². The molecule has 1 aromatic heterocycles. The highest BCUT2D eigenvalue weighted by atomic mass is 32.2. The molecule has 1 aromatic carbocycles. The highest BCUT2D eigenvalue weighted by Crippen LogP contribution is 2.18. The van der Waals surface area contributed by atoms with Gasteiger partial charge < -0.3 is 4.98 Å². The molecule has 2 aromatic rings. The second kappa shape index (κ2) is 6.17. The van der Waals surface area contributed by atoms with Crippen LogP contribution in [0.15, 0.2) is 46.5 Å². The molecule has 7 heteroatoms. The Morgan fingerprint density at radius 1 is 1.32 bits per heavy atom. The van der Waals surface area contributed by atoms with Gasteiger partial charge in [-0.2, -0.15) is 0 Å². The zero-order valence-corrected chi connectivity index (χ0v) is 10.7. The molecule has 1 heterocycles. The van der Waals surface area contributed by atoms with Crippen LogP contribution in [0.25, 0.3) is 0 Å². The fourth-order valence-electron chi connectivity index (χ4n) is 1.41. The van der Waals surface area contributed by atoms with E-state index in [1.165, 1.54) is 24.0 Å². The predicted octanol–water partition coefficient (Wildman–Crippen LogP) is 0.666. The lowest BCUT2D eigenvalue weighted by Gasteiger charge is -2.03. The van der Waals surface area contributed by atoms with Crippen LogP contribution in [0, 0.1) is 0 Å². The zero-order valence-electron chi connectivity index (χ0n) is 9.92. The first kappa shape index (κ1) is 13.3. The molecule has 0 atom stereocenters. The summed E-state index contributed by atoms with van der Waals surface area (Å²) in [5, 5.41) is 0.566. The van der Waals surface area contributed by atoms with Crippen LogP contribution in [0.4, 0.5) is 0 Å². The number of hydrogen-bond donors (Lipinski definition) is 3. The molecule has 6 nitrogen and oxygen atoms in total. The van der Waals surface area contributed by atoms with Gasteiger partial charge in [-0.05, 0) is 17.7 Å². The molecule has 0 aliphatic rings. The van der Waals surface area contributed by atoms with Crippen molar-refractivity contribution in [2.45, 2.75) is 10.9 Å². The number of nitrogen functional groups attached to an aromatic ring is 1. The molecule has 98 valence electrons. The van der Waals surface area contributed by atoms with Crippen LogP contribution in [-0.2, 0) is 5.75 Å². The number of aromatic amines is 1. The summed E-state index contributed by atoms with van der Waals surface area (Å²) in [5.41, 5.74) is 3.42. The van der Waals surface area contributed by atoms with E-state index in [0.29, 0.717) is 16.5 Å². The molecular formula is C12H12N4O2S. The third kappa shape index (κ3) is 3.67. The number of benzene rings is 1. The lowest BCUT2D eigenvalue weighted by Crippen LogP contribution is -2.29. The summed E-state index contributed by atoms with van der Waals surface area (Å²) in [6.45, 7) is 0. The third-order valence-electron chi connectivity index (χ3n) is 2.37. The van der Waals surface area contributed by atoms with Crippen LogP contribution in [0.2, 0.25) is 0 Å². The highest BCUT2D eigenvalue weighted by molar-refractivity contribution is 7.98. The molecule has 2 rings (SSSR count). The molecule has 0 fully saturated rings. The fourth-order valence-corrected chi connectivity index (χ4v) is 2.22. The normalized spacial score (nSPS) is 10.2. The van der Waals surface area contributed by atoms with E-state index in [2.05, 4.69) is 15.4 Å². The third-order valence-corrected chi connectivity index (χ3v) is 3.33. The maximum atomic E-state index is 11.3. The van der Waals surface area contributed by atoms with Crippen LogP contribution >= 0.6 is 11.8 Å². The minimum absolute atomic E-state index is 0.174. The Hall–Kier alpha value is -2.12. The smallest absolute Gasteiger partial charge is 0.265 e. The Kier molecular flexibility index (Phi) is 4.32. The molecule has 1 amide bonds. The van der Waals surface area contributed by atoms with Gasteiger partial charge in [0.25, 0.3) is 11.5 Å². The maximum absolute atomic E-state index is 11.3. The predicted molar refractivity (Wildman–Crippen MR) is 72.5 cm³/mol. The van der Waals surface area contributed by atoms with Crippen molar-refractivity contribution in [3.8, 4) is 0 Å².